The maximum Gasteiger partial charge on any atom is 0.416 e. The van der Waals surface area contributed by atoms with Gasteiger partial charge in [0.25, 0.3) is 5.91 Å². The fraction of sp³-hybridized carbons (Fsp3) is 0.579. The zero-order valence-corrected chi connectivity index (χ0v) is 16.3. The molecule has 1 N–H and O–H groups in total. The fourth-order valence-electron chi connectivity index (χ4n) is 3.59. The summed E-state index contributed by atoms with van der Waals surface area (Å²) >= 11 is 0. The topological polar surface area (TPSA) is 52.7 Å². The molecule has 2 aliphatic heterocycles. The van der Waals surface area contributed by atoms with Gasteiger partial charge in [0.2, 0.25) is 5.91 Å². The number of halogens is 4. The summed E-state index contributed by atoms with van der Waals surface area (Å²) in [6, 6.07) is 4.26. The molecule has 2 saturated heterocycles. The molecule has 9 heteroatoms. The Morgan fingerprint density at radius 1 is 1.04 bits per heavy atom. The summed E-state index contributed by atoms with van der Waals surface area (Å²) in [4.78, 5) is 28.2. The molecule has 5 nitrogen and oxygen atoms in total. The zero-order chi connectivity index (χ0) is 19.4. The summed E-state index contributed by atoms with van der Waals surface area (Å²) in [6.07, 6.45) is -1.89. The Morgan fingerprint density at radius 3 is 2.18 bits per heavy atom. The van der Waals surface area contributed by atoms with Gasteiger partial charge in [-0.05, 0) is 56.1 Å². The van der Waals surface area contributed by atoms with Crippen molar-refractivity contribution in [1.82, 2.24) is 15.1 Å². The first-order valence-electron chi connectivity index (χ1n) is 9.29. The third-order valence-corrected chi connectivity index (χ3v) is 5.31. The van der Waals surface area contributed by atoms with E-state index in [1.807, 2.05) is 0 Å². The highest BCUT2D eigenvalue weighted by atomic mass is 35.5. The number of benzene rings is 1. The highest BCUT2D eigenvalue weighted by Gasteiger charge is 2.31. The molecule has 0 bridgehead atoms. The lowest BCUT2D eigenvalue weighted by atomic mass is 10.0. The molecule has 0 spiro atoms. The van der Waals surface area contributed by atoms with Gasteiger partial charge in [-0.15, -0.1) is 12.4 Å². The SMILES string of the molecule is Cl.O=C(CCC1CCNC1)N1CCN(C(=O)c2ccc(C(F)(F)F)cc2)CC1. The Kier molecular flexibility index (Phi) is 7.71. The number of carbonyl (C=O) groups is 2. The minimum absolute atomic E-state index is 0. The predicted octanol–water partition coefficient (Wildman–Crippen LogP) is 2.80. The number of nitrogens with one attached hydrogen (secondary N) is 1. The van der Waals surface area contributed by atoms with Gasteiger partial charge in [-0.1, -0.05) is 0 Å². The molecule has 1 aromatic carbocycles. The minimum atomic E-state index is -4.41. The molecule has 3 rings (SSSR count). The van der Waals surface area contributed by atoms with E-state index in [4.69, 9.17) is 0 Å². The molecular weight excluding hydrogens is 395 g/mol. The van der Waals surface area contributed by atoms with Gasteiger partial charge in [0.05, 0.1) is 5.56 Å². The molecular formula is C19H25ClF3N3O2. The van der Waals surface area contributed by atoms with E-state index in [1.54, 1.807) is 9.80 Å². The van der Waals surface area contributed by atoms with Crippen molar-refractivity contribution in [2.75, 3.05) is 39.3 Å². The summed E-state index contributed by atoms with van der Waals surface area (Å²) in [7, 11) is 0. The van der Waals surface area contributed by atoms with Gasteiger partial charge >= 0.3 is 6.18 Å². The van der Waals surface area contributed by atoms with E-state index in [1.165, 1.54) is 12.1 Å². The first-order chi connectivity index (χ1) is 12.8. The molecule has 2 heterocycles. The number of alkyl halides is 3. The monoisotopic (exact) mass is 419 g/mol. The van der Waals surface area contributed by atoms with Crippen molar-refractivity contribution in [3.8, 4) is 0 Å². The van der Waals surface area contributed by atoms with E-state index in [-0.39, 0.29) is 29.8 Å². The molecule has 2 fully saturated rings. The van der Waals surface area contributed by atoms with Crippen LogP contribution >= 0.6 is 12.4 Å². The number of hydrogen-bond donors (Lipinski definition) is 1. The van der Waals surface area contributed by atoms with Crippen LogP contribution < -0.4 is 5.32 Å². The molecule has 0 aromatic heterocycles. The maximum atomic E-state index is 12.6. The smallest absolute Gasteiger partial charge is 0.339 e. The van der Waals surface area contributed by atoms with Crippen LogP contribution in [0.2, 0.25) is 0 Å². The minimum Gasteiger partial charge on any atom is -0.339 e. The van der Waals surface area contributed by atoms with Gasteiger partial charge in [-0.2, -0.15) is 13.2 Å². The van der Waals surface area contributed by atoms with Crippen LogP contribution in [0.25, 0.3) is 0 Å². The van der Waals surface area contributed by atoms with Crippen LogP contribution in [0.15, 0.2) is 24.3 Å². The van der Waals surface area contributed by atoms with Crippen molar-refractivity contribution in [3.63, 3.8) is 0 Å². The Labute approximate surface area is 168 Å². The zero-order valence-electron chi connectivity index (χ0n) is 15.5. The Bertz CT molecular complexity index is 668. The van der Waals surface area contributed by atoms with Crippen molar-refractivity contribution >= 4 is 24.2 Å². The number of hydrogen-bond acceptors (Lipinski definition) is 3. The van der Waals surface area contributed by atoms with Crippen LogP contribution in [0.4, 0.5) is 13.2 Å². The normalized spacial score (nSPS) is 20.0. The molecule has 0 radical (unpaired) electrons. The third kappa shape index (κ3) is 5.61. The number of carbonyl (C=O) groups excluding carboxylic acids is 2. The highest BCUT2D eigenvalue weighted by Crippen LogP contribution is 2.29. The average Bonchev–Trinajstić information content (AvgIpc) is 3.19. The van der Waals surface area contributed by atoms with Crippen molar-refractivity contribution in [1.29, 1.82) is 0 Å². The first kappa shape index (κ1) is 22.5. The largest absolute Gasteiger partial charge is 0.416 e. The van der Waals surface area contributed by atoms with Crippen LogP contribution in [-0.4, -0.2) is 60.9 Å². The second-order valence-electron chi connectivity index (χ2n) is 7.15. The standard InChI is InChI=1S/C19H24F3N3O2.ClH/c20-19(21,22)16-4-2-15(3-5-16)18(27)25-11-9-24(10-12-25)17(26)6-1-14-7-8-23-13-14;/h2-5,14,23H,1,6-13H2;1H. The number of piperazine rings is 1. The van der Waals surface area contributed by atoms with Crippen LogP contribution in [-0.2, 0) is 11.0 Å². The Morgan fingerprint density at radius 2 is 1.64 bits per heavy atom. The van der Waals surface area contributed by atoms with Crippen molar-refractivity contribution in [2.45, 2.75) is 25.4 Å². The van der Waals surface area contributed by atoms with Gasteiger partial charge < -0.3 is 15.1 Å². The van der Waals surface area contributed by atoms with Crippen LogP contribution in [0.3, 0.4) is 0 Å². The molecule has 1 unspecified atom stereocenters. The molecule has 2 aliphatic rings. The Hall–Kier alpha value is -1.80. The van der Waals surface area contributed by atoms with Gasteiger partial charge in [0.1, 0.15) is 0 Å². The van der Waals surface area contributed by atoms with E-state index < -0.39 is 11.7 Å². The predicted molar refractivity (Wildman–Crippen MR) is 101 cm³/mol. The second kappa shape index (κ2) is 9.60. The summed E-state index contributed by atoms with van der Waals surface area (Å²) < 4.78 is 37.9. The van der Waals surface area contributed by atoms with Gasteiger partial charge in [-0.25, -0.2) is 0 Å². The van der Waals surface area contributed by atoms with Gasteiger partial charge in [0, 0.05) is 38.2 Å². The van der Waals surface area contributed by atoms with Crippen LogP contribution in [0, 0.1) is 5.92 Å². The quantitative estimate of drug-likeness (QED) is 0.816. The average molecular weight is 420 g/mol. The molecule has 1 aromatic rings. The lowest BCUT2D eigenvalue weighted by Gasteiger charge is -2.35. The summed E-state index contributed by atoms with van der Waals surface area (Å²) in [6.45, 7) is 3.72. The summed E-state index contributed by atoms with van der Waals surface area (Å²) in [5.74, 6) is 0.382. The molecule has 2 amide bonds. The number of nitrogens with zero attached hydrogens (tertiary/aromatic N) is 2. The van der Waals surface area contributed by atoms with Crippen molar-refractivity contribution in [2.24, 2.45) is 5.92 Å². The molecule has 1 atom stereocenters. The van der Waals surface area contributed by atoms with E-state index in [2.05, 4.69) is 5.32 Å². The molecule has 0 aliphatic carbocycles. The third-order valence-electron chi connectivity index (χ3n) is 5.31. The van der Waals surface area contributed by atoms with Gasteiger partial charge in [-0.3, -0.25) is 9.59 Å². The van der Waals surface area contributed by atoms with Gasteiger partial charge in [0.15, 0.2) is 0 Å². The maximum absolute atomic E-state index is 12.6. The summed E-state index contributed by atoms with van der Waals surface area (Å²) in [5, 5.41) is 3.29. The van der Waals surface area contributed by atoms with Crippen LogP contribution in [0.1, 0.15) is 35.2 Å². The fourth-order valence-corrected chi connectivity index (χ4v) is 3.59. The van der Waals surface area contributed by atoms with Crippen LogP contribution in [0.5, 0.6) is 0 Å². The van der Waals surface area contributed by atoms with E-state index >= 15 is 0 Å². The van der Waals surface area contributed by atoms with Crippen molar-refractivity contribution < 1.29 is 22.8 Å². The first-order valence-corrected chi connectivity index (χ1v) is 9.29. The Balaban J connectivity index is 0.00000280. The molecule has 28 heavy (non-hydrogen) atoms. The highest BCUT2D eigenvalue weighted by molar-refractivity contribution is 5.94. The van der Waals surface area contributed by atoms with Crippen molar-refractivity contribution in [3.05, 3.63) is 35.4 Å². The number of amides is 2. The molecule has 156 valence electrons. The lowest BCUT2D eigenvalue weighted by molar-refractivity contribution is -0.137. The summed E-state index contributed by atoms with van der Waals surface area (Å²) in [5.41, 5.74) is -0.538. The second-order valence-corrected chi connectivity index (χ2v) is 7.15. The van der Waals surface area contributed by atoms with E-state index in [0.29, 0.717) is 38.5 Å². The molecule has 0 saturated carbocycles. The van der Waals surface area contributed by atoms with E-state index in [9.17, 15) is 22.8 Å². The number of rotatable bonds is 4. The van der Waals surface area contributed by atoms with E-state index in [0.717, 1.165) is 38.1 Å². The lowest BCUT2D eigenvalue weighted by Crippen LogP contribution is -2.50.